The number of aryl methyl sites for hydroxylation is 1. The molecule has 1 aromatic heterocycles. The van der Waals surface area contributed by atoms with E-state index in [-0.39, 0.29) is 18.0 Å². The van der Waals surface area contributed by atoms with E-state index in [9.17, 15) is 14.9 Å². The summed E-state index contributed by atoms with van der Waals surface area (Å²) in [4.78, 5) is 26.2. The van der Waals surface area contributed by atoms with Crippen LogP contribution in [0.2, 0.25) is 0 Å². The first-order valence-corrected chi connectivity index (χ1v) is 7.08. The Balaban J connectivity index is 2.81. The van der Waals surface area contributed by atoms with Crippen LogP contribution >= 0.6 is 0 Å². The fourth-order valence-corrected chi connectivity index (χ4v) is 1.78. The molecule has 0 atom stereocenters. The lowest BCUT2D eigenvalue weighted by Gasteiger charge is -2.10. The molecule has 2 N–H and O–H groups in total. The van der Waals surface area contributed by atoms with Crippen molar-refractivity contribution in [2.45, 2.75) is 33.2 Å². The number of hydrogen-bond donors (Lipinski definition) is 1. The van der Waals surface area contributed by atoms with Gasteiger partial charge in [-0.2, -0.15) is 0 Å². The molecule has 0 fully saturated rings. The molecule has 1 rings (SSSR count). The molecule has 0 spiro atoms. The van der Waals surface area contributed by atoms with Gasteiger partial charge in [-0.3, -0.25) is 15.1 Å². The number of carbonyl (C=O) groups excluding carboxylic acids is 1. The fraction of sp³-hybridized carbons (Fsp3) is 0.571. The summed E-state index contributed by atoms with van der Waals surface area (Å²) in [6, 6.07) is 1.24. The molecule has 0 saturated heterocycles. The molecule has 0 amide bonds. The van der Waals surface area contributed by atoms with Crippen LogP contribution in [0.3, 0.4) is 0 Å². The van der Waals surface area contributed by atoms with Crippen molar-refractivity contribution in [2.24, 2.45) is 16.6 Å². The summed E-state index contributed by atoms with van der Waals surface area (Å²) in [5.41, 5.74) is 5.58. The highest BCUT2D eigenvalue weighted by atomic mass is 16.6. The highest BCUT2D eigenvalue weighted by Crippen LogP contribution is 2.19. The summed E-state index contributed by atoms with van der Waals surface area (Å²) in [6.45, 7) is 4.70. The van der Waals surface area contributed by atoms with E-state index in [1.165, 1.54) is 12.3 Å². The van der Waals surface area contributed by atoms with Gasteiger partial charge in [0.25, 0.3) is 5.69 Å². The van der Waals surface area contributed by atoms with Crippen molar-refractivity contribution in [1.29, 1.82) is 0 Å². The average Bonchev–Trinajstić information content (AvgIpc) is 2.89. The van der Waals surface area contributed by atoms with Gasteiger partial charge in [0.2, 0.25) is 0 Å². The maximum absolute atomic E-state index is 12.1. The number of nitrogens with zero attached hydrogens (tertiary/aromatic N) is 3. The highest BCUT2D eigenvalue weighted by Gasteiger charge is 2.20. The van der Waals surface area contributed by atoms with Crippen molar-refractivity contribution in [3.63, 3.8) is 0 Å². The first kappa shape index (κ1) is 17.7. The van der Waals surface area contributed by atoms with E-state index in [1.807, 2.05) is 13.8 Å². The molecular weight excluding hydrogens is 288 g/mol. The lowest BCUT2D eigenvalue weighted by molar-refractivity contribution is -0.384. The zero-order chi connectivity index (χ0) is 16.7. The topological polar surface area (TPSA) is 113 Å². The molecule has 122 valence electrons. The predicted octanol–water partition coefficient (Wildman–Crippen LogP) is 1.98. The van der Waals surface area contributed by atoms with Crippen LogP contribution in [0.15, 0.2) is 17.3 Å². The van der Waals surface area contributed by atoms with Crippen LogP contribution in [0.4, 0.5) is 5.69 Å². The van der Waals surface area contributed by atoms with Gasteiger partial charge >= 0.3 is 5.97 Å². The zero-order valence-electron chi connectivity index (χ0n) is 13.1. The Morgan fingerprint density at radius 3 is 2.77 bits per heavy atom. The quantitative estimate of drug-likeness (QED) is 0.259. The number of ether oxygens (including phenoxy) is 1. The second kappa shape index (κ2) is 8.16. The molecule has 0 aliphatic heterocycles. The molecule has 0 bridgehead atoms. The van der Waals surface area contributed by atoms with Crippen molar-refractivity contribution in [1.82, 2.24) is 4.57 Å². The zero-order valence-corrected chi connectivity index (χ0v) is 13.1. The Labute approximate surface area is 129 Å². The first-order chi connectivity index (χ1) is 10.3. The van der Waals surface area contributed by atoms with Crippen LogP contribution in [0.1, 0.15) is 37.2 Å². The third-order valence-corrected chi connectivity index (χ3v) is 3.13. The van der Waals surface area contributed by atoms with Gasteiger partial charge in [0.15, 0.2) is 0 Å². The monoisotopic (exact) mass is 310 g/mol. The molecular formula is C14H22N4O4. The van der Waals surface area contributed by atoms with Gasteiger partial charge in [-0.05, 0) is 12.3 Å². The Hall–Kier alpha value is -2.38. The minimum absolute atomic E-state index is 0.0885. The van der Waals surface area contributed by atoms with Gasteiger partial charge in [0.1, 0.15) is 5.69 Å². The molecule has 0 unspecified atom stereocenters. The predicted molar refractivity (Wildman–Crippen MR) is 83.0 cm³/mol. The number of hydrogen-bond acceptors (Lipinski definition) is 5. The van der Waals surface area contributed by atoms with E-state index < -0.39 is 10.9 Å². The smallest absolute Gasteiger partial charge is 0.355 e. The number of nitro groups is 1. The second-order valence-electron chi connectivity index (χ2n) is 5.32. The number of aromatic nitrogens is 1. The first-order valence-electron chi connectivity index (χ1n) is 7.08. The molecule has 0 aliphatic carbocycles. The molecule has 0 aromatic carbocycles. The molecule has 8 heteroatoms. The molecule has 8 nitrogen and oxygen atoms in total. The third kappa shape index (κ3) is 5.19. The number of amidine groups is 1. The summed E-state index contributed by atoms with van der Waals surface area (Å²) < 4.78 is 6.67. The van der Waals surface area contributed by atoms with Crippen LogP contribution in [0.5, 0.6) is 0 Å². The van der Waals surface area contributed by atoms with E-state index in [2.05, 4.69) is 4.99 Å². The highest BCUT2D eigenvalue weighted by molar-refractivity contribution is 5.89. The summed E-state index contributed by atoms with van der Waals surface area (Å²) >= 11 is 0. The number of aliphatic imine (C=N–C) groups is 1. The number of nitrogens with two attached hydrogens (primary N) is 1. The average molecular weight is 310 g/mol. The number of esters is 1. The minimum atomic E-state index is -0.597. The van der Waals surface area contributed by atoms with E-state index in [4.69, 9.17) is 10.5 Å². The van der Waals surface area contributed by atoms with Crippen LogP contribution < -0.4 is 5.73 Å². The van der Waals surface area contributed by atoms with Gasteiger partial charge in [0.05, 0.1) is 23.6 Å². The third-order valence-electron chi connectivity index (χ3n) is 3.13. The second-order valence-corrected chi connectivity index (χ2v) is 5.32. The normalized spacial score (nSPS) is 11.7. The lowest BCUT2D eigenvalue weighted by atomic mass is 10.1. The van der Waals surface area contributed by atoms with Gasteiger partial charge in [-0.1, -0.05) is 13.8 Å². The van der Waals surface area contributed by atoms with Gasteiger partial charge in [-0.25, -0.2) is 4.79 Å². The maximum Gasteiger partial charge on any atom is 0.355 e. The van der Waals surface area contributed by atoms with E-state index in [0.29, 0.717) is 24.7 Å². The number of rotatable bonds is 8. The van der Waals surface area contributed by atoms with E-state index in [0.717, 1.165) is 6.42 Å². The SMILES string of the molecule is CN=C(N)CCOC(=O)c1cc([N+](=O)[O-])cn1CCC(C)C. The Kier molecular flexibility index (Phi) is 6.55. The fourth-order valence-electron chi connectivity index (χ4n) is 1.78. The van der Waals surface area contributed by atoms with Gasteiger partial charge in [0, 0.05) is 26.1 Å². The summed E-state index contributed by atoms with van der Waals surface area (Å²) in [5, 5.41) is 10.9. The Morgan fingerprint density at radius 2 is 2.23 bits per heavy atom. The molecule has 0 aliphatic rings. The largest absolute Gasteiger partial charge is 0.461 e. The van der Waals surface area contributed by atoms with E-state index in [1.54, 1.807) is 11.6 Å². The summed E-state index contributed by atoms with van der Waals surface area (Å²) in [7, 11) is 1.55. The van der Waals surface area contributed by atoms with Crippen molar-refractivity contribution in [3.05, 3.63) is 28.1 Å². The molecule has 0 saturated carbocycles. The lowest BCUT2D eigenvalue weighted by Crippen LogP contribution is -2.18. The minimum Gasteiger partial charge on any atom is -0.461 e. The van der Waals surface area contributed by atoms with Crippen LogP contribution in [-0.4, -0.2) is 34.9 Å². The van der Waals surface area contributed by atoms with Crippen molar-refractivity contribution < 1.29 is 14.5 Å². The van der Waals surface area contributed by atoms with Crippen molar-refractivity contribution in [2.75, 3.05) is 13.7 Å². The molecule has 22 heavy (non-hydrogen) atoms. The van der Waals surface area contributed by atoms with Gasteiger partial charge in [-0.15, -0.1) is 0 Å². The molecule has 1 heterocycles. The van der Waals surface area contributed by atoms with E-state index >= 15 is 0 Å². The van der Waals surface area contributed by atoms with Crippen LogP contribution in [0, 0.1) is 16.0 Å². The molecule has 1 aromatic rings. The van der Waals surface area contributed by atoms with Crippen molar-refractivity contribution >= 4 is 17.5 Å². The molecule has 0 radical (unpaired) electrons. The van der Waals surface area contributed by atoms with Crippen LogP contribution in [-0.2, 0) is 11.3 Å². The van der Waals surface area contributed by atoms with Crippen LogP contribution in [0.25, 0.3) is 0 Å². The van der Waals surface area contributed by atoms with Crippen molar-refractivity contribution in [3.8, 4) is 0 Å². The Bertz CT molecular complexity index is 563. The van der Waals surface area contributed by atoms with Gasteiger partial charge < -0.3 is 15.0 Å². The number of carbonyl (C=O) groups is 1. The summed E-state index contributed by atoms with van der Waals surface area (Å²) in [5.74, 6) is 0.209. The Morgan fingerprint density at radius 1 is 1.55 bits per heavy atom. The standard InChI is InChI=1S/C14H22N4O4/c1-10(2)4-6-17-9-11(18(20)21)8-12(17)14(19)22-7-5-13(15)16-3/h8-10H,4-7H2,1-3H3,(H2,15,16). The summed E-state index contributed by atoms with van der Waals surface area (Å²) in [6.07, 6.45) is 2.50. The maximum atomic E-state index is 12.1.